The second-order valence-electron chi connectivity index (χ2n) is 3.53. The Balaban J connectivity index is 3.03. The highest BCUT2D eigenvalue weighted by Gasteiger charge is 2.06. The second-order valence-corrected chi connectivity index (χ2v) is 3.53. The summed E-state index contributed by atoms with van der Waals surface area (Å²) < 4.78 is 12.9. The molecule has 0 amide bonds. The Labute approximate surface area is 79.0 Å². The molecule has 0 aromatic heterocycles. The molecule has 13 heavy (non-hydrogen) atoms. The quantitative estimate of drug-likeness (QED) is 0.756. The van der Waals surface area contributed by atoms with Crippen LogP contribution in [0.1, 0.15) is 30.9 Å². The molecule has 0 unspecified atom stereocenters. The van der Waals surface area contributed by atoms with E-state index in [4.69, 9.17) is 0 Å². The van der Waals surface area contributed by atoms with Gasteiger partial charge in [0.25, 0.3) is 0 Å². The van der Waals surface area contributed by atoms with Crippen LogP contribution in [0.5, 0.6) is 0 Å². The maximum atomic E-state index is 12.9. The van der Waals surface area contributed by atoms with Crippen molar-refractivity contribution in [2.75, 3.05) is 7.05 Å². The molecule has 0 aliphatic rings. The first-order valence-electron chi connectivity index (χ1n) is 4.58. The third kappa shape index (κ3) is 2.52. The van der Waals surface area contributed by atoms with Gasteiger partial charge in [-0.3, -0.25) is 0 Å². The van der Waals surface area contributed by atoms with Gasteiger partial charge in [-0.1, -0.05) is 19.9 Å². The zero-order valence-electron chi connectivity index (χ0n) is 8.39. The molecule has 0 saturated carbocycles. The first kappa shape index (κ1) is 10.2. The fraction of sp³-hybridized carbons (Fsp3) is 0.455. The van der Waals surface area contributed by atoms with Crippen molar-refractivity contribution in [3.05, 3.63) is 35.1 Å². The first-order valence-corrected chi connectivity index (χ1v) is 4.58. The van der Waals surface area contributed by atoms with E-state index < -0.39 is 0 Å². The fourth-order valence-electron chi connectivity index (χ4n) is 1.48. The molecule has 72 valence electrons. The maximum absolute atomic E-state index is 12.9. The smallest absolute Gasteiger partial charge is 0.123 e. The molecule has 1 aromatic carbocycles. The van der Waals surface area contributed by atoms with Gasteiger partial charge in [0.2, 0.25) is 0 Å². The molecule has 1 rings (SSSR count). The monoisotopic (exact) mass is 181 g/mol. The lowest BCUT2D eigenvalue weighted by atomic mass is 9.97. The van der Waals surface area contributed by atoms with E-state index in [1.807, 2.05) is 13.1 Å². The zero-order valence-corrected chi connectivity index (χ0v) is 8.39. The van der Waals surface area contributed by atoms with Crippen LogP contribution < -0.4 is 5.32 Å². The second kappa shape index (κ2) is 4.38. The molecule has 0 aliphatic carbocycles. The van der Waals surface area contributed by atoms with E-state index in [1.54, 1.807) is 6.07 Å². The van der Waals surface area contributed by atoms with Crippen molar-refractivity contribution in [2.45, 2.75) is 26.3 Å². The minimum Gasteiger partial charge on any atom is -0.316 e. The van der Waals surface area contributed by atoms with Gasteiger partial charge in [-0.2, -0.15) is 0 Å². The van der Waals surface area contributed by atoms with Gasteiger partial charge < -0.3 is 5.32 Å². The standard InChI is InChI=1S/C11H16FN/c1-8(2)11-5-4-10(12)6-9(11)7-13-3/h4-6,8,13H,7H2,1-3H3. The van der Waals surface area contributed by atoms with Crippen LogP contribution in [-0.4, -0.2) is 7.05 Å². The molecule has 0 radical (unpaired) electrons. The van der Waals surface area contributed by atoms with Crippen LogP contribution >= 0.6 is 0 Å². The summed E-state index contributed by atoms with van der Waals surface area (Å²) in [6, 6.07) is 4.99. The van der Waals surface area contributed by atoms with Crippen LogP contribution in [0, 0.1) is 5.82 Å². The van der Waals surface area contributed by atoms with Gasteiger partial charge in [0, 0.05) is 6.54 Å². The molecular formula is C11H16FN. The van der Waals surface area contributed by atoms with Crippen molar-refractivity contribution in [3.8, 4) is 0 Å². The van der Waals surface area contributed by atoms with Crippen LogP contribution in [0.15, 0.2) is 18.2 Å². The van der Waals surface area contributed by atoms with E-state index in [0.29, 0.717) is 5.92 Å². The Kier molecular flexibility index (Phi) is 3.43. The molecule has 0 saturated heterocycles. The number of benzene rings is 1. The van der Waals surface area contributed by atoms with Crippen LogP contribution in [0.25, 0.3) is 0 Å². The predicted octanol–water partition coefficient (Wildman–Crippen LogP) is 2.67. The maximum Gasteiger partial charge on any atom is 0.123 e. The minimum atomic E-state index is -0.158. The summed E-state index contributed by atoms with van der Waals surface area (Å²) in [7, 11) is 1.87. The number of hydrogen-bond acceptors (Lipinski definition) is 1. The minimum absolute atomic E-state index is 0.158. The van der Waals surface area contributed by atoms with E-state index in [-0.39, 0.29) is 5.82 Å². The average Bonchev–Trinajstić information content (AvgIpc) is 2.04. The molecule has 0 bridgehead atoms. The third-order valence-corrected chi connectivity index (χ3v) is 2.09. The number of rotatable bonds is 3. The molecular weight excluding hydrogens is 165 g/mol. The summed E-state index contributed by atoms with van der Waals surface area (Å²) in [5.74, 6) is 0.290. The summed E-state index contributed by atoms with van der Waals surface area (Å²) in [4.78, 5) is 0. The van der Waals surface area contributed by atoms with E-state index in [2.05, 4.69) is 19.2 Å². The van der Waals surface area contributed by atoms with Crippen molar-refractivity contribution < 1.29 is 4.39 Å². The Morgan fingerprint density at radius 1 is 1.38 bits per heavy atom. The molecule has 1 aromatic rings. The largest absolute Gasteiger partial charge is 0.316 e. The lowest BCUT2D eigenvalue weighted by Gasteiger charge is -2.12. The molecule has 0 aliphatic heterocycles. The molecule has 0 atom stereocenters. The fourth-order valence-corrected chi connectivity index (χ4v) is 1.48. The topological polar surface area (TPSA) is 12.0 Å². The van der Waals surface area contributed by atoms with Crippen molar-refractivity contribution in [1.82, 2.24) is 5.32 Å². The van der Waals surface area contributed by atoms with Crippen LogP contribution in [0.3, 0.4) is 0 Å². The van der Waals surface area contributed by atoms with Crippen LogP contribution in [0.4, 0.5) is 4.39 Å². The van der Waals surface area contributed by atoms with Crippen molar-refractivity contribution in [1.29, 1.82) is 0 Å². The van der Waals surface area contributed by atoms with Crippen molar-refractivity contribution >= 4 is 0 Å². The Morgan fingerprint density at radius 2 is 2.08 bits per heavy atom. The molecule has 2 heteroatoms. The summed E-state index contributed by atoms with van der Waals surface area (Å²) in [5, 5.41) is 3.04. The van der Waals surface area contributed by atoms with Gasteiger partial charge in [-0.05, 0) is 36.2 Å². The van der Waals surface area contributed by atoms with E-state index in [9.17, 15) is 4.39 Å². The van der Waals surface area contributed by atoms with Gasteiger partial charge in [0.05, 0.1) is 0 Å². The first-order chi connectivity index (χ1) is 6.15. The predicted molar refractivity (Wildman–Crippen MR) is 53.3 cm³/mol. The van der Waals surface area contributed by atoms with Crippen LogP contribution in [0.2, 0.25) is 0 Å². The lowest BCUT2D eigenvalue weighted by Crippen LogP contribution is -2.08. The molecule has 1 N–H and O–H groups in total. The molecule has 0 heterocycles. The van der Waals surface area contributed by atoms with E-state index in [1.165, 1.54) is 11.6 Å². The van der Waals surface area contributed by atoms with Gasteiger partial charge >= 0.3 is 0 Å². The van der Waals surface area contributed by atoms with Crippen molar-refractivity contribution in [2.24, 2.45) is 0 Å². The van der Waals surface area contributed by atoms with E-state index in [0.717, 1.165) is 12.1 Å². The molecule has 1 nitrogen and oxygen atoms in total. The summed E-state index contributed by atoms with van der Waals surface area (Å²) in [5.41, 5.74) is 2.27. The number of hydrogen-bond donors (Lipinski definition) is 1. The number of nitrogens with one attached hydrogen (secondary N) is 1. The Bertz CT molecular complexity index is 281. The van der Waals surface area contributed by atoms with Gasteiger partial charge in [0.1, 0.15) is 5.82 Å². The van der Waals surface area contributed by atoms with Gasteiger partial charge in [-0.15, -0.1) is 0 Å². The van der Waals surface area contributed by atoms with Crippen LogP contribution in [-0.2, 0) is 6.54 Å². The van der Waals surface area contributed by atoms with Crippen molar-refractivity contribution in [3.63, 3.8) is 0 Å². The highest BCUT2D eigenvalue weighted by Crippen LogP contribution is 2.20. The van der Waals surface area contributed by atoms with E-state index >= 15 is 0 Å². The highest BCUT2D eigenvalue weighted by atomic mass is 19.1. The lowest BCUT2D eigenvalue weighted by molar-refractivity contribution is 0.620. The highest BCUT2D eigenvalue weighted by molar-refractivity contribution is 5.30. The Morgan fingerprint density at radius 3 is 2.62 bits per heavy atom. The van der Waals surface area contributed by atoms with Gasteiger partial charge in [-0.25, -0.2) is 4.39 Å². The normalized spacial score (nSPS) is 10.8. The summed E-state index contributed by atoms with van der Waals surface area (Å²) in [6.07, 6.45) is 0. The third-order valence-electron chi connectivity index (χ3n) is 2.09. The molecule has 0 fully saturated rings. The van der Waals surface area contributed by atoms with Gasteiger partial charge in [0.15, 0.2) is 0 Å². The number of halogens is 1. The average molecular weight is 181 g/mol. The summed E-state index contributed by atoms with van der Waals surface area (Å²) in [6.45, 7) is 4.96. The summed E-state index contributed by atoms with van der Waals surface area (Å²) >= 11 is 0. The SMILES string of the molecule is CNCc1cc(F)ccc1C(C)C. The Hall–Kier alpha value is -0.890. The molecule has 0 spiro atoms. The zero-order chi connectivity index (χ0) is 9.84.